The van der Waals surface area contributed by atoms with Gasteiger partial charge < -0.3 is 10.2 Å². The van der Waals surface area contributed by atoms with Crippen molar-refractivity contribution < 1.29 is 10.2 Å². The Labute approximate surface area is 303 Å². The molecule has 5 unspecified atom stereocenters. The molecule has 9 atom stereocenters. The van der Waals surface area contributed by atoms with Crippen molar-refractivity contribution in [1.29, 1.82) is 0 Å². The molecule has 0 saturated heterocycles. The van der Waals surface area contributed by atoms with Gasteiger partial charge >= 0.3 is 0 Å². The van der Waals surface area contributed by atoms with E-state index in [0.717, 1.165) is 23.7 Å². The van der Waals surface area contributed by atoms with E-state index in [-0.39, 0.29) is 162 Å². The fraction of sp³-hybridized carbons (Fsp3) is 1.00. The van der Waals surface area contributed by atoms with Gasteiger partial charge in [0.1, 0.15) is 0 Å². The molecule has 0 aromatic heterocycles. The number of hydrogen-bond acceptors (Lipinski definition) is 2. The lowest BCUT2D eigenvalue weighted by molar-refractivity contribution is -0.126. The lowest BCUT2D eigenvalue weighted by atomic mass is 9.44. The van der Waals surface area contributed by atoms with Crippen molar-refractivity contribution in [2.45, 2.75) is 241 Å². The van der Waals surface area contributed by atoms with Crippen LogP contribution in [0, 0.1) is 46.3 Å². The lowest BCUT2D eigenvalue weighted by Crippen LogP contribution is -2.54. The highest BCUT2D eigenvalue weighted by molar-refractivity contribution is 5.09. The molecule has 45 heavy (non-hydrogen) atoms. The second-order valence-corrected chi connectivity index (χ2v) is 10.4. The first-order chi connectivity index (χ1) is 11.4. The first-order valence-electron chi connectivity index (χ1n) is 10.7. The van der Waals surface area contributed by atoms with E-state index >= 15 is 0 Å². The molecule has 306 valence electrons. The van der Waals surface area contributed by atoms with Gasteiger partial charge in [0.05, 0.1) is 6.10 Å². The number of hydrogen-bond donors (Lipinski definition) is 2. The van der Waals surface area contributed by atoms with Crippen molar-refractivity contribution in [1.82, 2.24) is 0 Å². The standard InChI is InChI=1S/C22H38O2.21CH4/c1-14(24)18-6-7-19-17-5-4-16-12-15(13-23)8-10-21(16,2)20(17)9-11-22(18,19)3;;;;;;;;;;;;;;;;;;;;;/h14-20,23-24H,4-13H2,1-3H3;21*1H4/t14-,15?,16?,17?,18+,19?,20?,21-,22+;;;;;;;;;;;;;;;;;;;;;/m0...................../s1. The molecule has 2 nitrogen and oxygen atoms in total. The van der Waals surface area contributed by atoms with E-state index in [1.54, 1.807) is 0 Å². The molecule has 0 aliphatic heterocycles. The molecule has 4 aliphatic carbocycles. The fourth-order valence-corrected chi connectivity index (χ4v) is 8.35. The molecule has 0 aromatic carbocycles. The van der Waals surface area contributed by atoms with Gasteiger partial charge in [-0.2, -0.15) is 0 Å². The highest BCUT2D eigenvalue weighted by Gasteiger charge is 2.60. The van der Waals surface area contributed by atoms with Gasteiger partial charge in [0.2, 0.25) is 0 Å². The van der Waals surface area contributed by atoms with Gasteiger partial charge in [0, 0.05) is 6.61 Å². The molecular weight excluding hydrogens is 548 g/mol. The average molecular weight is 671 g/mol. The van der Waals surface area contributed by atoms with Crippen LogP contribution in [0.2, 0.25) is 0 Å². The Morgan fingerprint density at radius 3 is 1.27 bits per heavy atom. The molecule has 0 bridgehead atoms. The minimum absolute atomic E-state index is 0. The van der Waals surface area contributed by atoms with Crippen molar-refractivity contribution in [3.63, 3.8) is 0 Å². The van der Waals surface area contributed by atoms with E-state index in [9.17, 15) is 10.2 Å². The van der Waals surface area contributed by atoms with Crippen LogP contribution in [-0.2, 0) is 0 Å². The minimum Gasteiger partial charge on any atom is -0.396 e. The van der Waals surface area contributed by atoms with Gasteiger partial charge in [0.15, 0.2) is 0 Å². The predicted molar refractivity (Wildman–Crippen MR) is 239 cm³/mol. The average Bonchev–Trinajstić information content (AvgIpc) is 2.91. The zero-order valence-corrected chi connectivity index (χ0v) is 16.0. The molecule has 0 amide bonds. The molecule has 0 aromatic rings. The van der Waals surface area contributed by atoms with Crippen molar-refractivity contribution in [3.05, 3.63) is 0 Å². The Bertz CT molecular complexity index is 476. The summed E-state index contributed by atoms with van der Waals surface area (Å²) in [6, 6.07) is 0. The van der Waals surface area contributed by atoms with Crippen LogP contribution >= 0.6 is 0 Å². The van der Waals surface area contributed by atoms with Gasteiger partial charge in [-0.05, 0) is 111 Å². The summed E-state index contributed by atoms with van der Waals surface area (Å²) < 4.78 is 0. The maximum Gasteiger partial charge on any atom is 0.0545 e. The Morgan fingerprint density at radius 2 is 0.889 bits per heavy atom. The Kier molecular flexibility index (Phi) is 117. The summed E-state index contributed by atoms with van der Waals surface area (Å²) in [4.78, 5) is 0. The Morgan fingerprint density at radius 1 is 0.511 bits per heavy atom. The fourth-order valence-electron chi connectivity index (χ4n) is 8.35. The zero-order valence-electron chi connectivity index (χ0n) is 16.0. The monoisotopic (exact) mass is 671 g/mol. The smallest absolute Gasteiger partial charge is 0.0545 e. The van der Waals surface area contributed by atoms with E-state index in [4.69, 9.17) is 0 Å². The number of fused-ring (bicyclic) bond motifs is 5. The maximum atomic E-state index is 10.3. The summed E-state index contributed by atoms with van der Waals surface area (Å²) in [5, 5.41) is 19.9. The predicted octanol–water partition coefficient (Wildman–Crippen LogP) is 18.0. The molecule has 0 radical (unpaired) electrons. The third-order valence-corrected chi connectivity index (χ3v) is 9.69. The number of aliphatic hydroxyl groups excluding tert-OH is 2. The summed E-state index contributed by atoms with van der Waals surface area (Å²) in [5.74, 6) is 4.60. The van der Waals surface area contributed by atoms with Crippen molar-refractivity contribution in [2.75, 3.05) is 6.61 Å². The van der Waals surface area contributed by atoms with Gasteiger partial charge in [-0.15, -0.1) is 0 Å². The second kappa shape index (κ2) is 43.9. The number of rotatable bonds is 2. The van der Waals surface area contributed by atoms with Gasteiger partial charge in [-0.3, -0.25) is 0 Å². The van der Waals surface area contributed by atoms with Gasteiger partial charge in [-0.1, -0.05) is 170 Å². The molecule has 2 heteroatoms. The van der Waals surface area contributed by atoms with Crippen LogP contribution < -0.4 is 0 Å². The van der Waals surface area contributed by atoms with E-state index in [1.807, 2.05) is 6.92 Å². The Hall–Kier alpha value is -0.0800. The third kappa shape index (κ3) is 18.9. The van der Waals surface area contributed by atoms with Crippen LogP contribution in [0.4, 0.5) is 0 Å². The minimum atomic E-state index is -0.136. The Balaban J connectivity index is -0.0000000217. The quantitative estimate of drug-likeness (QED) is 0.307. The molecule has 4 saturated carbocycles. The van der Waals surface area contributed by atoms with E-state index in [1.165, 1.54) is 57.8 Å². The van der Waals surface area contributed by atoms with Gasteiger partial charge in [0.25, 0.3) is 0 Å². The molecule has 4 aliphatic rings. The number of aliphatic hydroxyl groups is 2. The van der Waals surface area contributed by atoms with Crippen LogP contribution in [0.5, 0.6) is 0 Å². The van der Waals surface area contributed by atoms with E-state index in [0.29, 0.717) is 29.3 Å². The SMILES string of the molecule is C.C.C.C.C.C.C.C.C.C.C.C.C.C.C.C.C.C.C.C.C.C[C@H](O)[C@H]1CCC2C3CCC4CC(CO)CC[C@]4(C)C3CC[C@@]21C. The summed E-state index contributed by atoms with van der Waals surface area (Å²) >= 11 is 0. The second-order valence-electron chi connectivity index (χ2n) is 10.4. The highest BCUT2D eigenvalue weighted by atomic mass is 16.3. The van der Waals surface area contributed by atoms with Crippen molar-refractivity contribution in [2.24, 2.45) is 46.3 Å². The molecule has 2 N–H and O–H groups in total. The lowest BCUT2D eigenvalue weighted by Gasteiger charge is -2.61. The van der Waals surface area contributed by atoms with Crippen LogP contribution in [0.1, 0.15) is 235 Å². The molecule has 4 fully saturated rings. The molecule has 4 rings (SSSR count). The maximum absolute atomic E-state index is 10.3. The van der Waals surface area contributed by atoms with Crippen molar-refractivity contribution >= 4 is 0 Å². The normalized spacial score (nSPS) is 29.5. The van der Waals surface area contributed by atoms with Crippen LogP contribution in [-0.4, -0.2) is 22.9 Å². The summed E-state index contributed by atoms with van der Waals surface area (Å²) in [6.45, 7) is 7.54. The molecule has 0 heterocycles. The molecular formula is C43H122O2. The topological polar surface area (TPSA) is 40.5 Å². The van der Waals surface area contributed by atoms with E-state index < -0.39 is 0 Å². The summed E-state index contributed by atoms with van der Waals surface area (Å²) in [6.07, 6.45) is 11.8. The summed E-state index contributed by atoms with van der Waals surface area (Å²) in [7, 11) is 0. The first-order valence-corrected chi connectivity index (χ1v) is 10.7. The molecule has 0 spiro atoms. The summed E-state index contributed by atoms with van der Waals surface area (Å²) in [5.41, 5.74) is 0.916. The van der Waals surface area contributed by atoms with Crippen molar-refractivity contribution in [3.8, 4) is 0 Å². The first kappa shape index (κ1) is 120. The largest absolute Gasteiger partial charge is 0.396 e. The van der Waals surface area contributed by atoms with Crippen LogP contribution in [0.3, 0.4) is 0 Å². The third-order valence-electron chi connectivity index (χ3n) is 9.69. The highest BCUT2D eigenvalue weighted by Crippen LogP contribution is 2.68. The van der Waals surface area contributed by atoms with Crippen LogP contribution in [0.15, 0.2) is 0 Å². The van der Waals surface area contributed by atoms with Crippen LogP contribution in [0.25, 0.3) is 0 Å². The zero-order chi connectivity index (χ0) is 17.1. The van der Waals surface area contributed by atoms with Gasteiger partial charge in [-0.25, -0.2) is 0 Å². The van der Waals surface area contributed by atoms with E-state index in [2.05, 4.69) is 13.8 Å².